The molecule has 0 atom stereocenters. The number of nitrogens with one attached hydrogen (secondary N) is 2. The maximum absolute atomic E-state index is 15.9. The molecule has 0 saturated heterocycles. The number of ketones is 2. The summed E-state index contributed by atoms with van der Waals surface area (Å²) in [6.45, 7) is 0. The van der Waals surface area contributed by atoms with Crippen LogP contribution in [-0.4, -0.2) is 131 Å². The van der Waals surface area contributed by atoms with Gasteiger partial charge in [-0.2, -0.15) is 82.3 Å². The number of hydrogen-bond donors (Lipinski definition) is 5. The number of hydrogen-bond acceptors (Lipinski definition) is 10. The molecule has 0 saturated carbocycles. The van der Waals surface area contributed by atoms with E-state index in [1.165, 1.54) is 66.6 Å². The molecular weight excluding hydrogens is 1230 g/mol. The molecule has 0 amide bonds. The van der Waals surface area contributed by atoms with Crippen LogP contribution in [0.1, 0.15) is 43.5 Å². The van der Waals surface area contributed by atoms with Gasteiger partial charge in [0.1, 0.15) is 11.4 Å². The van der Waals surface area contributed by atoms with E-state index in [9.17, 15) is 49.1 Å². The standard InChI is InChI=1S/C38H26F8N6O2.3CHF3O3S.Mn/c1-51(2,3)35-31(43)27(39)25(28(40)32(35)44)23-15-7-11-19(47-15)37(53)21-13-9-17(49-21)24(18-10-14-22(50-18)38(54)20-12-8-16(23)48-20)26-29(41)33(45)36(52(4,5)6)34(46)30(26)42;3*2-1(3,4)8(5,6)7;/h7-14H,1-6H3;3*(H,5,6,7);/q;;;;+2/p+2. The molecule has 0 unspecified atom stereocenters. The van der Waals surface area contributed by atoms with Crippen LogP contribution in [0.2, 0.25) is 0 Å². The Labute approximate surface area is 442 Å². The summed E-state index contributed by atoms with van der Waals surface area (Å²) in [5, 5.41) is 0. The van der Waals surface area contributed by atoms with Gasteiger partial charge in [0.25, 0.3) is 0 Å². The Bertz CT molecular complexity index is 3380. The van der Waals surface area contributed by atoms with Gasteiger partial charge in [0.2, 0.25) is 46.2 Å². The van der Waals surface area contributed by atoms with Crippen molar-refractivity contribution in [2.24, 2.45) is 9.98 Å². The fourth-order valence-corrected chi connectivity index (χ4v) is 6.54. The summed E-state index contributed by atoms with van der Waals surface area (Å²) in [5.74, 6) is -15.5. The number of benzene rings is 2. The second-order valence-corrected chi connectivity index (χ2v) is 21.4. The van der Waals surface area contributed by atoms with Gasteiger partial charge in [0, 0.05) is 22.5 Å². The summed E-state index contributed by atoms with van der Waals surface area (Å²) in [6.07, 6.45) is 4.61. The molecule has 17 nitrogen and oxygen atoms in total. The fraction of sp³-hybridized carbons (Fsp3) is 0.220. The van der Waals surface area contributed by atoms with E-state index >= 15 is 35.1 Å². The van der Waals surface area contributed by atoms with E-state index in [1.807, 2.05) is 0 Å². The van der Waals surface area contributed by atoms with Crippen LogP contribution in [0.5, 0.6) is 0 Å². The number of carbonyl (C=O) groups is 2. The van der Waals surface area contributed by atoms with Crippen LogP contribution in [0.25, 0.3) is 11.1 Å². The van der Waals surface area contributed by atoms with Gasteiger partial charge in [-0.3, -0.25) is 32.2 Å². The number of aliphatic imine (C=N–C) groups is 2. The zero-order valence-corrected chi connectivity index (χ0v) is 43.2. The summed E-state index contributed by atoms with van der Waals surface area (Å²) in [6, 6.07) is 4.72. The Balaban J connectivity index is 0.000000546. The Morgan fingerprint density at radius 3 is 0.835 bits per heavy atom. The average molecular weight is 1260 g/mol. The molecule has 0 fully saturated rings. The number of aromatic nitrogens is 2. The predicted molar refractivity (Wildman–Crippen MR) is 240 cm³/mol. The first-order valence-corrected chi connectivity index (χ1v) is 24.3. The molecule has 0 spiro atoms. The van der Waals surface area contributed by atoms with Crippen LogP contribution in [0.15, 0.2) is 69.9 Å². The van der Waals surface area contributed by atoms with Crippen LogP contribution >= 0.6 is 0 Å². The maximum atomic E-state index is 15.9. The molecule has 4 aromatic rings. The minimum absolute atomic E-state index is 0. The Kier molecular flexibility index (Phi) is 19.2. The molecule has 79 heavy (non-hydrogen) atoms. The van der Waals surface area contributed by atoms with Crippen molar-refractivity contribution >= 4 is 75.9 Å². The van der Waals surface area contributed by atoms with Gasteiger partial charge in [0.05, 0.1) is 76.2 Å². The number of rotatable bonds is 4. The zero-order chi connectivity index (χ0) is 60.3. The normalized spacial score (nSPS) is 15.2. The molecule has 431 valence electrons. The van der Waals surface area contributed by atoms with Crippen molar-refractivity contribution in [2.45, 2.75) is 16.5 Å². The van der Waals surface area contributed by atoms with Gasteiger partial charge in [-0.25, -0.2) is 27.5 Å². The first-order chi connectivity index (χ1) is 35.0. The second-order valence-electron chi connectivity index (χ2n) is 17.2. The summed E-state index contributed by atoms with van der Waals surface area (Å²) in [4.78, 5) is 41.3. The van der Waals surface area contributed by atoms with Crippen molar-refractivity contribution in [2.75, 3.05) is 42.3 Å². The van der Waals surface area contributed by atoms with Gasteiger partial charge in [-0.05, 0) is 48.6 Å². The van der Waals surface area contributed by atoms with Crippen molar-refractivity contribution in [3.05, 3.63) is 140 Å². The summed E-state index contributed by atoms with van der Waals surface area (Å²) in [5.41, 5.74) is -24.2. The van der Waals surface area contributed by atoms with Crippen molar-refractivity contribution in [1.29, 1.82) is 0 Å². The van der Waals surface area contributed by atoms with Crippen molar-refractivity contribution in [3.63, 3.8) is 0 Å². The number of nitrogens with zero attached hydrogens (tertiary/aromatic N) is 4. The number of H-pyrrole nitrogens is 2. The van der Waals surface area contributed by atoms with Gasteiger partial charge < -0.3 is 9.97 Å². The Hall–Kier alpha value is -6.38. The minimum Gasteiger partial charge on any atom is -0.352 e. The Morgan fingerprint density at radius 1 is 0.418 bits per heavy atom. The zero-order valence-electron chi connectivity index (χ0n) is 39.5. The maximum Gasteiger partial charge on any atom is 2.00 e. The summed E-state index contributed by atoms with van der Waals surface area (Å²) in [7, 11) is -9.69. The van der Waals surface area contributed by atoms with Gasteiger partial charge >= 0.3 is 63.9 Å². The van der Waals surface area contributed by atoms with Gasteiger partial charge in [-0.15, -0.1) is 0 Å². The van der Waals surface area contributed by atoms with E-state index in [0.717, 1.165) is 24.3 Å². The molecule has 2 aromatic heterocycles. The van der Waals surface area contributed by atoms with E-state index in [4.69, 9.17) is 38.9 Å². The van der Waals surface area contributed by atoms with Crippen LogP contribution in [-0.2, 0) is 47.4 Å². The number of fused-ring (bicyclic) bond motifs is 6. The number of aromatic amines is 2. The number of halogens is 17. The molecule has 0 aliphatic carbocycles. The number of carbonyl (C=O) groups excluding carboxylic acids is 2. The van der Waals surface area contributed by atoms with Crippen LogP contribution in [0.3, 0.4) is 0 Å². The molecule has 3 aliphatic rings. The molecule has 7 rings (SSSR count). The molecule has 2 aromatic carbocycles. The van der Waals surface area contributed by atoms with E-state index in [0.29, 0.717) is 0 Å². The van der Waals surface area contributed by atoms with Crippen molar-refractivity contribution in [3.8, 4) is 0 Å². The van der Waals surface area contributed by atoms with Crippen LogP contribution in [0.4, 0.5) is 86.0 Å². The molecule has 8 bridgehead atoms. The van der Waals surface area contributed by atoms with Gasteiger partial charge in [-0.1, -0.05) is 0 Å². The number of quaternary nitrogens is 2. The number of Topliss-reactive ketones (excluding diaryl/α,β-unsaturated/α-hetero) is 2. The molecule has 5 heterocycles. The molecular formula is C41H31F17MnN6O11S3+4. The summed E-state index contributed by atoms with van der Waals surface area (Å²) >= 11 is 0. The first-order valence-electron chi connectivity index (χ1n) is 19.9. The second kappa shape index (κ2) is 22.6. The smallest absolute Gasteiger partial charge is 0.352 e. The molecule has 5 N–H and O–H groups in total. The largest absolute Gasteiger partial charge is 2.00 e. The van der Waals surface area contributed by atoms with Gasteiger partial charge in [0.15, 0.2) is 23.3 Å². The fourth-order valence-electron chi connectivity index (χ4n) is 6.54. The number of allylic oxidation sites excluding steroid dienone is 4. The molecule has 38 heteroatoms. The third-order valence-corrected chi connectivity index (χ3v) is 11.6. The predicted octanol–water partition coefficient (Wildman–Crippen LogP) is 8.65. The number of alkyl halides is 9. The Morgan fingerprint density at radius 2 is 0.633 bits per heavy atom. The van der Waals surface area contributed by atoms with Crippen LogP contribution < -0.4 is 8.97 Å². The quantitative estimate of drug-likeness (QED) is 0.0323. The third-order valence-electron chi connectivity index (χ3n) is 9.86. The van der Waals surface area contributed by atoms with Crippen molar-refractivity contribution in [1.82, 2.24) is 18.9 Å². The van der Waals surface area contributed by atoms with Crippen molar-refractivity contribution < 1.29 is 140 Å². The average Bonchev–Trinajstić information content (AvgIpc) is 4.11. The van der Waals surface area contributed by atoms with E-state index in [-0.39, 0.29) is 62.7 Å². The summed E-state index contributed by atoms with van der Waals surface area (Å²) < 4.78 is 297. The first kappa shape index (κ1) is 66.9. The monoisotopic (exact) mass is 1260 g/mol. The van der Waals surface area contributed by atoms with Crippen LogP contribution in [0, 0.1) is 46.5 Å². The van der Waals surface area contributed by atoms with E-state index in [1.54, 1.807) is 0 Å². The molecule has 1 radical (unpaired) electrons. The minimum atomic E-state index is -5.84. The molecule has 3 aliphatic heterocycles. The van der Waals surface area contributed by atoms with E-state index < -0.39 is 148 Å². The SMILES string of the molecule is C[N+](C)(C)c1c(F)c(F)c(C2=C3C=CC(=N3)C(=O)c3ccc([nH]3)C(c3c(F)c(F)c([N+](C)(C)C)c(F)c3F)=C3C=CC(=N3)C(=O)c3ccc2[nH]3)c(F)c1F.O=S(=O)(O)C(F)(F)F.O=S(=O)(O)C(F)(F)F.O=S(=O)(O)C(F)(F)F.[Mn+2]. The third kappa shape index (κ3) is 14.2. The topological polar surface area (TPSA) is 254 Å². The van der Waals surface area contributed by atoms with E-state index in [2.05, 4.69) is 20.0 Å².